The van der Waals surface area contributed by atoms with Crippen molar-refractivity contribution in [3.63, 3.8) is 0 Å². The number of carbonyl (C=O) groups excluding carboxylic acids is 4. The van der Waals surface area contributed by atoms with E-state index in [9.17, 15) is 29.1 Å². The first-order valence-corrected chi connectivity index (χ1v) is 26.9. The number of carboxylic acids is 1. The van der Waals surface area contributed by atoms with Gasteiger partial charge in [0.05, 0.1) is 12.1 Å². The molecule has 3 saturated carbocycles. The Kier molecular flexibility index (Phi) is 39.3. The van der Waals surface area contributed by atoms with E-state index in [1.165, 1.54) is 103 Å². The van der Waals surface area contributed by atoms with E-state index >= 15 is 0 Å². The molecule has 0 spiro atoms. The lowest BCUT2D eigenvalue weighted by atomic mass is 9.83. The zero-order chi connectivity index (χ0) is 49.9. The fourth-order valence-electron chi connectivity index (χ4n) is 9.75. The van der Waals surface area contributed by atoms with Crippen LogP contribution in [0.25, 0.3) is 0 Å². The fraction of sp³-hybridized carbons (Fsp3) is 0.912. The maximum absolute atomic E-state index is 13.0. The van der Waals surface area contributed by atoms with Crippen LogP contribution in [0.1, 0.15) is 265 Å². The van der Waals surface area contributed by atoms with E-state index in [0.29, 0.717) is 60.6 Å². The van der Waals surface area contributed by atoms with E-state index in [1.54, 1.807) is 20.8 Å². The van der Waals surface area contributed by atoms with E-state index < -0.39 is 41.4 Å². The molecule has 3 aliphatic rings. The molecule has 3 fully saturated rings. The molecular weight excluding hydrogens is 890 g/mol. The number of Topliss-reactive ketones (excluding diaryl/α,β-unsaturated/α-hetero) is 2. The Hall–Kier alpha value is -2.40. The molecule has 5 N–H and O–H groups in total. The monoisotopic (exact) mass is 1000 g/mol. The number of nitrogens with one attached hydrogen (secondary N) is 2. The fourth-order valence-corrected chi connectivity index (χ4v) is 9.75. The maximum Gasteiger partial charge on any atom is 0.408 e. The zero-order valence-electron chi connectivity index (χ0n) is 44.9. The largest absolute Gasteiger partial charge is 0.480 e. The van der Waals surface area contributed by atoms with Gasteiger partial charge < -0.3 is 30.9 Å². The van der Waals surface area contributed by atoms with Gasteiger partial charge in [0, 0.05) is 12.8 Å². The summed E-state index contributed by atoms with van der Waals surface area (Å²) in [6.45, 7) is 24.2. The molecule has 12 heteroatoms. The van der Waals surface area contributed by atoms with Crippen molar-refractivity contribution in [1.29, 1.82) is 0 Å². The number of carbonyl (C=O) groups is 5. The molecule has 0 aromatic rings. The molecular formula is C57H112ClN3O8. The maximum atomic E-state index is 13.0. The quantitative estimate of drug-likeness (QED) is 0.0777. The molecule has 3 aliphatic carbocycles. The third-order valence-corrected chi connectivity index (χ3v) is 13.4. The van der Waals surface area contributed by atoms with Crippen molar-refractivity contribution in [3.8, 4) is 0 Å². The Labute approximate surface area is 431 Å². The van der Waals surface area contributed by atoms with Gasteiger partial charge in [-0.1, -0.05) is 191 Å². The third kappa shape index (κ3) is 38.0. The number of ketones is 2. The molecule has 69 heavy (non-hydrogen) atoms. The van der Waals surface area contributed by atoms with Gasteiger partial charge in [0.15, 0.2) is 5.78 Å². The second-order valence-corrected chi connectivity index (χ2v) is 23.8. The molecule has 2 amide bonds. The van der Waals surface area contributed by atoms with Crippen molar-refractivity contribution in [1.82, 2.24) is 10.6 Å². The summed E-state index contributed by atoms with van der Waals surface area (Å²) in [4.78, 5) is 60.2. The highest BCUT2D eigenvalue weighted by molar-refractivity contribution is 5.87. The summed E-state index contributed by atoms with van der Waals surface area (Å²) in [5, 5.41) is 14.5. The molecule has 0 aromatic heterocycles. The number of aliphatic carboxylic acids is 1. The van der Waals surface area contributed by atoms with Gasteiger partial charge >= 0.3 is 18.2 Å². The van der Waals surface area contributed by atoms with Gasteiger partial charge in [-0.05, 0) is 102 Å². The van der Waals surface area contributed by atoms with Gasteiger partial charge in [0.25, 0.3) is 0 Å². The minimum atomic E-state index is -0.989. The van der Waals surface area contributed by atoms with Gasteiger partial charge in [0.1, 0.15) is 23.0 Å². The summed E-state index contributed by atoms with van der Waals surface area (Å²) in [6, 6.07) is -1.46. The molecule has 0 bridgehead atoms. The van der Waals surface area contributed by atoms with Crippen LogP contribution in [0, 0.1) is 41.4 Å². The number of alkyl carbamates (subject to hydrolysis) is 2. The normalized spacial score (nSPS) is 18.1. The SMILES string of the molecule is C.C.CC(C)(C)OC(=O)N[C@H](CC1CCCCC1)C(=O)O.CC(C)CCCC(C)CC(=O)[C@@H](CC1CCCCC1)NC(=O)OC(C)(C)C.CC(C)CCCC(C)CC(=O)[C@H](N)CC1CCCCC1.Cl. The topological polar surface area (TPSA) is 174 Å². The predicted octanol–water partition coefficient (Wildman–Crippen LogP) is 15.6. The van der Waals surface area contributed by atoms with E-state index in [0.717, 1.165) is 50.9 Å². The lowest BCUT2D eigenvalue weighted by Gasteiger charge is -2.28. The highest BCUT2D eigenvalue weighted by Crippen LogP contribution is 2.30. The Morgan fingerprint density at radius 1 is 0.522 bits per heavy atom. The smallest absolute Gasteiger partial charge is 0.408 e. The second kappa shape index (κ2) is 38.2. The molecule has 0 aliphatic heterocycles. The molecule has 11 nitrogen and oxygen atoms in total. The van der Waals surface area contributed by atoms with Crippen LogP contribution in [-0.2, 0) is 23.9 Å². The molecule has 0 aromatic carbocycles. The van der Waals surface area contributed by atoms with Crippen molar-refractivity contribution in [3.05, 3.63) is 0 Å². The Morgan fingerprint density at radius 3 is 1.17 bits per heavy atom. The minimum absolute atomic E-state index is 0. The number of carboxylic acid groups (broad SMARTS) is 1. The van der Waals surface area contributed by atoms with E-state index in [4.69, 9.17) is 15.2 Å². The van der Waals surface area contributed by atoms with Crippen LogP contribution >= 0.6 is 12.4 Å². The number of ether oxygens (including phenoxy) is 2. The van der Waals surface area contributed by atoms with Gasteiger partial charge in [-0.2, -0.15) is 0 Å². The molecule has 5 atom stereocenters. The highest BCUT2D eigenvalue weighted by Gasteiger charge is 2.30. The average molecular weight is 1000 g/mol. The van der Waals surface area contributed by atoms with Crippen molar-refractivity contribution in [2.75, 3.05) is 0 Å². The summed E-state index contributed by atoms with van der Waals surface area (Å²) >= 11 is 0. The molecule has 0 saturated heterocycles. The Bertz CT molecular complexity index is 1360. The average Bonchev–Trinajstić information content (AvgIpc) is 3.20. The van der Waals surface area contributed by atoms with Crippen molar-refractivity contribution < 1.29 is 38.6 Å². The van der Waals surface area contributed by atoms with Crippen LogP contribution in [0.2, 0.25) is 0 Å². The highest BCUT2D eigenvalue weighted by atomic mass is 35.5. The zero-order valence-corrected chi connectivity index (χ0v) is 45.8. The number of nitrogens with two attached hydrogens (primary N) is 1. The molecule has 410 valence electrons. The van der Waals surface area contributed by atoms with Crippen LogP contribution in [0.4, 0.5) is 9.59 Å². The number of amides is 2. The Morgan fingerprint density at radius 2 is 0.841 bits per heavy atom. The lowest BCUT2D eigenvalue weighted by molar-refractivity contribution is -0.140. The Balaban J connectivity index is -0.000000944. The van der Waals surface area contributed by atoms with Gasteiger partial charge in [-0.3, -0.25) is 9.59 Å². The van der Waals surface area contributed by atoms with Crippen LogP contribution < -0.4 is 16.4 Å². The van der Waals surface area contributed by atoms with Crippen LogP contribution in [0.15, 0.2) is 0 Å². The molecule has 3 rings (SSSR count). The first kappa shape index (κ1) is 70.9. The second-order valence-electron chi connectivity index (χ2n) is 23.8. The number of rotatable bonds is 23. The molecule has 0 radical (unpaired) electrons. The number of hydrogen-bond donors (Lipinski definition) is 4. The van der Waals surface area contributed by atoms with Gasteiger partial charge in [-0.25, -0.2) is 14.4 Å². The first-order valence-electron chi connectivity index (χ1n) is 26.9. The van der Waals surface area contributed by atoms with Gasteiger partial charge in [-0.15, -0.1) is 12.4 Å². The van der Waals surface area contributed by atoms with Crippen molar-refractivity contribution in [2.24, 2.45) is 47.2 Å². The van der Waals surface area contributed by atoms with Crippen LogP contribution in [-0.4, -0.2) is 64.2 Å². The van der Waals surface area contributed by atoms with E-state index in [2.05, 4.69) is 52.2 Å². The lowest BCUT2D eigenvalue weighted by Crippen LogP contribution is -2.45. The summed E-state index contributed by atoms with van der Waals surface area (Å²) in [7, 11) is 0. The standard InChI is InChI=1S/C23H43NO3.C18H35NO.C14H25NO4.2CH4.ClH/c1-17(2)11-10-12-18(3)15-21(25)20(16-19-13-8-7-9-14-19)24-22(26)27-23(4,5)6;1-14(2)8-7-9-15(3)12-18(20)17(19)13-16-10-5-4-6-11-16;1-14(2,3)19-13(18)15-11(12(16)17)9-10-7-5-4-6-8-10;;;/h17-20H,7-16H2,1-6H3,(H,24,26);14-17H,4-13,19H2,1-3H3;10-11H,4-9H2,1-3H3,(H,15,18)(H,16,17);2*1H4;1H/t18?,20-;15?,17-;11-;;;/m111.../s1. The third-order valence-electron chi connectivity index (χ3n) is 13.4. The summed E-state index contributed by atoms with van der Waals surface area (Å²) in [5.41, 5.74) is 4.96. The van der Waals surface area contributed by atoms with Crippen LogP contribution in [0.5, 0.6) is 0 Å². The number of halogens is 1. The first-order chi connectivity index (χ1) is 30.8. The summed E-state index contributed by atoms with van der Waals surface area (Å²) in [6.07, 6.45) is 27.8. The summed E-state index contributed by atoms with van der Waals surface area (Å²) < 4.78 is 10.5. The summed E-state index contributed by atoms with van der Waals surface area (Å²) in [5.74, 6) is 3.46. The minimum Gasteiger partial charge on any atom is -0.480 e. The van der Waals surface area contributed by atoms with Gasteiger partial charge in [0.2, 0.25) is 0 Å². The van der Waals surface area contributed by atoms with Crippen molar-refractivity contribution >= 4 is 42.1 Å². The van der Waals surface area contributed by atoms with Crippen LogP contribution in [0.3, 0.4) is 0 Å². The van der Waals surface area contributed by atoms with E-state index in [-0.39, 0.29) is 39.1 Å². The molecule has 0 heterocycles. The number of hydrogen-bond acceptors (Lipinski definition) is 8. The van der Waals surface area contributed by atoms with E-state index in [1.807, 2.05) is 20.8 Å². The predicted molar refractivity (Wildman–Crippen MR) is 291 cm³/mol. The van der Waals surface area contributed by atoms with Crippen molar-refractivity contribution in [2.45, 2.75) is 294 Å². The molecule has 2 unspecified atom stereocenters.